The maximum Gasteiger partial charge on any atom is 0.410 e. The monoisotopic (exact) mass is 198 g/mol. The van der Waals surface area contributed by atoms with Gasteiger partial charge in [-0.1, -0.05) is 12.7 Å². The second-order valence-corrected chi connectivity index (χ2v) is 3.47. The number of amides is 1. The molecule has 0 spiro atoms. The summed E-state index contributed by atoms with van der Waals surface area (Å²) in [6, 6.07) is 0.204. The zero-order valence-electron chi connectivity index (χ0n) is 8.66. The predicted molar refractivity (Wildman–Crippen MR) is 55.2 cm³/mol. The second-order valence-electron chi connectivity index (χ2n) is 3.47. The Hall–Kier alpha value is -1.03. The molecule has 1 aliphatic heterocycles. The van der Waals surface area contributed by atoms with Gasteiger partial charge in [0.2, 0.25) is 0 Å². The van der Waals surface area contributed by atoms with Crippen molar-refractivity contribution >= 4 is 6.09 Å². The molecular formula is C10H18N2O2. The van der Waals surface area contributed by atoms with Crippen molar-refractivity contribution in [3.8, 4) is 0 Å². The van der Waals surface area contributed by atoms with Crippen LogP contribution in [-0.4, -0.2) is 43.3 Å². The van der Waals surface area contributed by atoms with E-state index < -0.39 is 0 Å². The van der Waals surface area contributed by atoms with Crippen molar-refractivity contribution in [2.75, 3.05) is 26.2 Å². The summed E-state index contributed by atoms with van der Waals surface area (Å²) in [5.74, 6) is 0. The summed E-state index contributed by atoms with van der Waals surface area (Å²) in [6.45, 7) is 8.39. The third-order valence-electron chi connectivity index (χ3n) is 2.28. The lowest BCUT2D eigenvalue weighted by atomic mass is 10.3. The first-order valence-corrected chi connectivity index (χ1v) is 5.00. The summed E-state index contributed by atoms with van der Waals surface area (Å²) in [5, 5.41) is 3.27. The van der Waals surface area contributed by atoms with Crippen LogP contribution in [0.15, 0.2) is 12.7 Å². The Balaban J connectivity index is 2.45. The number of carbonyl (C=O) groups is 1. The number of ether oxygens (including phenoxy) is 1. The van der Waals surface area contributed by atoms with Crippen LogP contribution in [0, 0.1) is 0 Å². The van der Waals surface area contributed by atoms with Crippen molar-refractivity contribution in [3.05, 3.63) is 12.7 Å². The first-order chi connectivity index (χ1) is 6.75. The molecule has 0 saturated carbocycles. The minimum absolute atomic E-state index is 0.204. The minimum atomic E-state index is -0.235. The first kappa shape index (κ1) is 11.0. The van der Waals surface area contributed by atoms with Gasteiger partial charge in [-0.15, -0.1) is 0 Å². The molecule has 1 aliphatic rings. The highest BCUT2D eigenvalue weighted by Gasteiger charge is 2.22. The maximum absolute atomic E-state index is 11.5. The second kappa shape index (κ2) is 5.65. The number of nitrogens with zero attached hydrogens (tertiary/aromatic N) is 1. The van der Waals surface area contributed by atoms with E-state index in [-0.39, 0.29) is 18.7 Å². The number of nitrogens with one attached hydrogen (secondary N) is 1. The van der Waals surface area contributed by atoms with Crippen LogP contribution < -0.4 is 5.32 Å². The van der Waals surface area contributed by atoms with Gasteiger partial charge < -0.3 is 15.0 Å². The molecule has 1 fully saturated rings. The predicted octanol–water partition coefficient (Wildman–Crippen LogP) is 0.993. The molecule has 1 N–H and O–H groups in total. The van der Waals surface area contributed by atoms with Crippen molar-refractivity contribution in [1.29, 1.82) is 0 Å². The summed E-state index contributed by atoms with van der Waals surface area (Å²) in [7, 11) is 0. The summed E-state index contributed by atoms with van der Waals surface area (Å²) >= 11 is 0. The average molecular weight is 198 g/mol. The third kappa shape index (κ3) is 3.03. The standard InChI is InChI=1S/C10H18N2O2/c1-3-7-14-10(13)12-6-4-5-11-8-9(12)2/h3,9,11H,1,4-8H2,2H3. The number of carbonyl (C=O) groups excluding carboxylic acids is 1. The van der Waals surface area contributed by atoms with E-state index in [2.05, 4.69) is 11.9 Å². The first-order valence-electron chi connectivity index (χ1n) is 5.00. The van der Waals surface area contributed by atoms with Gasteiger partial charge in [0.1, 0.15) is 6.61 Å². The molecule has 0 bridgehead atoms. The van der Waals surface area contributed by atoms with Gasteiger partial charge in [0, 0.05) is 19.1 Å². The van der Waals surface area contributed by atoms with Crippen LogP contribution in [0.3, 0.4) is 0 Å². The van der Waals surface area contributed by atoms with Crippen LogP contribution in [0.2, 0.25) is 0 Å². The summed E-state index contributed by atoms with van der Waals surface area (Å²) in [5.41, 5.74) is 0. The van der Waals surface area contributed by atoms with E-state index in [9.17, 15) is 4.79 Å². The van der Waals surface area contributed by atoms with Gasteiger partial charge in [-0.25, -0.2) is 4.79 Å². The molecule has 4 heteroatoms. The van der Waals surface area contributed by atoms with Crippen molar-refractivity contribution in [2.45, 2.75) is 19.4 Å². The van der Waals surface area contributed by atoms with Gasteiger partial charge in [-0.05, 0) is 19.9 Å². The molecular weight excluding hydrogens is 180 g/mol. The minimum Gasteiger partial charge on any atom is -0.445 e. The Kier molecular flexibility index (Phi) is 4.46. The van der Waals surface area contributed by atoms with Crippen LogP contribution >= 0.6 is 0 Å². The van der Waals surface area contributed by atoms with E-state index >= 15 is 0 Å². The highest BCUT2D eigenvalue weighted by molar-refractivity contribution is 5.68. The molecule has 0 aromatic carbocycles. The molecule has 0 aliphatic carbocycles. The lowest BCUT2D eigenvalue weighted by Crippen LogP contribution is -2.42. The number of hydrogen-bond acceptors (Lipinski definition) is 3. The zero-order chi connectivity index (χ0) is 10.4. The average Bonchev–Trinajstić information content (AvgIpc) is 2.39. The summed E-state index contributed by atoms with van der Waals surface area (Å²) in [6.07, 6.45) is 2.33. The highest BCUT2D eigenvalue weighted by atomic mass is 16.6. The van der Waals surface area contributed by atoms with Gasteiger partial charge in [0.25, 0.3) is 0 Å². The summed E-state index contributed by atoms with van der Waals surface area (Å²) in [4.78, 5) is 13.3. The SMILES string of the molecule is C=CCOC(=O)N1CCCNCC1C. The molecule has 1 unspecified atom stereocenters. The van der Waals surface area contributed by atoms with Crippen LogP contribution in [0.5, 0.6) is 0 Å². The van der Waals surface area contributed by atoms with Crippen LogP contribution in [0.4, 0.5) is 4.79 Å². The van der Waals surface area contributed by atoms with E-state index in [1.807, 2.05) is 6.92 Å². The third-order valence-corrected chi connectivity index (χ3v) is 2.28. The normalized spacial score (nSPS) is 22.6. The van der Waals surface area contributed by atoms with Crippen LogP contribution in [-0.2, 0) is 4.74 Å². The molecule has 0 radical (unpaired) electrons. The molecule has 1 heterocycles. The Morgan fingerprint density at radius 2 is 2.57 bits per heavy atom. The van der Waals surface area contributed by atoms with Gasteiger partial charge in [-0.3, -0.25) is 0 Å². The largest absolute Gasteiger partial charge is 0.445 e. The van der Waals surface area contributed by atoms with E-state index in [1.54, 1.807) is 11.0 Å². The van der Waals surface area contributed by atoms with Gasteiger partial charge in [-0.2, -0.15) is 0 Å². The topological polar surface area (TPSA) is 41.6 Å². The lowest BCUT2D eigenvalue weighted by Gasteiger charge is -2.25. The van der Waals surface area contributed by atoms with Crippen molar-refractivity contribution in [3.63, 3.8) is 0 Å². The molecule has 0 aromatic heterocycles. The van der Waals surface area contributed by atoms with E-state index in [4.69, 9.17) is 4.74 Å². The molecule has 1 amide bonds. The van der Waals surface area contributed by atoms with Gasteiger partial charge in [0.15, 0.2) is 0 Å². The smallest absolute Gasteiger partial charge is 0.410 e. The molecule has 80 valence electrons. The fourth-order valence-corrected chi connectivity index (χ4v) is 1.50. The van der Waals surface area contributed by atoms with E-state index in [0.29, 0.717) is 0 Å². The maximum atomic E-state index is 11.5. The molecule has 14 heavy (non-hydrogen) atoms. The number of rotatable bonds is 2. The quantitative estimate of drug-likeness (QED) is 0.673. The Bertz CT molecular complexity index is 206. The lowest BCUT2D eigenvalue weighted by molar-refractivity contribution is 0.101. The van der Waals surface area contributed by atoms with Crippen molar-refractivity contribution in [2.24, 2.45) is 0 Å². The Labute approximate surface area is 84.9 Å². The number of hydrogen-bond donors (Lipinski definition) is 1. The van der Waals surface area contributed by atoms with Crippen molar-refractivity contribution in [1.82, 2.24) is 10.2 Å². The zero-order valence-corrected chi connectivity index (χ0v) is 8.66. The summed E-state index contributed by atoms with van der Waals surface area (Å²) < 4.78 is 5.00. The molecule has 1 saturated heterocycles. The van der Waals surface area contributed by atoms with Crippen LogP contribution in [0.25, 0.3) is 0 Å². The fourth-order valence-electron chi connectivity index (χ4n) is 1.50. The Morgan fingerprint density at radius 1 is 1.79 bits per heavy atom. The van der Waals surface area contributed by atoms with Gasteiger partial charge >= 0.3 is 6.09 Å². The highest BCUT2D eigenvalue weighted by Crippen LogP contribution is 2.05. The molecule has 0 aromatic rings. The van der Waals surface area contributed by atoms with E-state index in [0.717, 1.165) is 26.1 Å². The van der Waals surface area contributed by atoms with Gasteiger partial charge in [0.05, 0.1) is 0 Å². The van der Waals surface area contributed by atoms with E-state index in [1.165, 1.54) is 0 Å². The van der Waals surface area contributed by atoms with Crippen molar-refractivity contribution < 1.29 is 9.53 Å². The fraction of sp³-hybridized carbons (Fsp3) is 0.700. The molecule has 1 rings (SSSR count). The molecule has 1 atom stereocenters. The molecule has 4 nitrogen and oxygen atoms in total. The van der Waals surface area contributed by atoms with Crippen LogP contribution in [0.1, 0.15) is 13.3 Å². The Morgan fingerprint density at radius 3 is 3.29 bits per heavy atom.